The fraction of sp³-hybridized carbons (Fsp3) is 0.222. The summed E-state index contributed by atoms with van der Waals surface area (Å²) in [7, 11) is 0. The highest BCUT2D eigenvalue weighted by atomic mass is 16.1. The van der Waals surface area contributed by atoms with Crippen molar-refractivity contribution in [2.24, 2.45) is 0 Å². The van der Waals surface area contributed by atoms with Crippen molar-refractivity contribution in [3.8, 4) is 5.69 Å². The molecule has 1 aromatic heterocycles. The van der Waals surface area contributed by atoms with E-state index in [1.165, 1.54) is 11.9 Å². The number of rotatable bonds is 5. The van der Waals surface area contributed by atoms with E-state index >= 15 is 0 Å². The smallest absolute Gasteiger partial charge is 0.228 e. The van der Waals surface area contributed by atoms with Gasteiger partial charge in [-0.05, 0) is 51.7 Å². The molecule has 0 spiro atoms. The van der Waals surface area contributed by atoms with Crippen LogP contribution in [0.5, 0.6) is 0 Å². The first-order valence-electron chi connectivity index (χ1n) is 7.84. The Labute approximate surface area is 140 Å². The van der Waals surface area contributed by atoms with Crippen molar-refractivity contribution in [2.45, 2.75) is 26.2 Å². The lowest BCUT2D eigenvalue weighted by Crippen LogP contribution is -2.14. The first-order valence-corrected chi connectivity index (χ1v) is 7.84. The highest BCUT2D eigenvalue weighted by Gasteiger charge is 2.07. The van der Waals surface area contributed by atoms with Crippen LogP contribution in [0.25, 0.3) is 5.69 Å². The van der Waals surface area contributed by atoms with Crippen molar-refractivity contribution >= 4 is 11.6 Å². The van der Waals surface area contributed by atoms with Crippen molar-refractivity contribution in [3.05, 3.63) is 66.0 Å². The summed E-state index contributed by atoms with van der Waals surface area (Å²) in [6, 6.07) is 15.5. The molecule has 6 heteroatoms. The summed E-state index contributed by atoms with van der Waals surface area (Å²) < 4.78 is 1.56. The van der Waals surface area contributed by atoms with Gasteiger partial charge in [0.25, 0.3) is 0 Å². The largest absolute Gasteiger partial charge is 0.326 e. The predicted molar refractivity (Wildman–Crippen MR) is 92.0 cm³/mol. The van der Waals surface area contributed by atoms with Crippen LogP contribution < -0.4 is 5.32 Å². The second-order valence-electron chi connectivity index (χ2n) is 5.93. The molecule has 0 bridgehead atoms. The first kappa shape index (κ1) is 15.9. The number of nitrogens with one attached hydrogen (secondary N) is 1. The predicted octanol–water partition coefficient (Wildman–Crippen LogP) is 2.97. The van der Waals surface area contributed by atoms with E-state index in [2.05, 4.69) is 34.7 Å². The molecule has 2 aromatic carbocycles. The number of nitrogens with zero attached hydrogens (tertiary/aromatic N) is 4. The number of benzene rings is 2. The molecule has 0 radical (unpaired) electrons. The van der Waals surface area contributed by atoms with Gasteiger partial charge in [-0.15, -0.1) is 5.10 Å². The Bertz CT molecular complexity index is 810. The van der Waals surface area contributed by atoms with Gasteiger partial charge in [0, 0.05) is 5.69 Å². The van der Waals surface area contributed by atoms with Crippen molar-refractivity contribution in [3.63, 3.8) is 0 Å². The lowest BCUT2D eigenvalue weighted by Gasteiger charge is -2.09. The maximum absolute atomic E-state index is 12.2. The van der Waals surface area contributed by atoms with E-state index in [1.54, 1.807) is 4.68 Å². The molecular weight excluding hydrogens is 302 g/mol. The van der Waals surface area contributed by atoms with Gasteiger partial charge >= 0.3 is 0 Å². The van der Waals surface area contributed by atoms with Gasteiger partial charge in [-0.25, -0.2) is 4.68 Å². The van der Waals surface area contributed by atoms with E-state index in [9.17, 15) is 4.79 Å². The molecule has 0 aliphatic carbocycles. The Hall–Kier alpha value is -3.02. The minimum Gasteiger partial charge on any atom is -0.326 e. The summed E-state index contributed by atoms with van der Waals surface area (Å²) in [4.78, 5) is 12.2. The Morgan fingerprint density at radius 2 is 1.96 bits per heavy atom. The Morgan fingerprint density at radius 1 is 1.17 bits per heavy atom. The van der Waals surface area contributed by atoms with Crippen molar-refractivity contribution in [1.82, 2.24) is 20.2 Å². The van der Waals surface area contributed by atoms with E-state index in [0.717, 1.165) is 16.9 Å². The maximum Gasteiger partial charge on any atom is 0.228 e. The SMILES string of the molecule is CC(C)c1ccc(NC(=O)Cc2cccc(-n3cnnn3)c2)cc1. The van der Waals surface area contributed by atoms with Gasteiger partial charge < -0.3 is 5.32 Å². The Kier molecular flexibility index (Phi) is 4.65. The number of amides is 1. The van der Waals surface area contributed by atoms with Gasteiger partial charge in [0.05, 0.1) is 12.1 Å². The van der Waals surface area contributed by atoms with Gasteiger partial charge in [-0.3, -0.25) is 4.79 Å². The molecule has 6 nitrogen and oxygen atoms in total. The normalized spacial score (nSPS) is 10.8. The summed E-state index contributed by atoms with van der Waals surface area (Å²) >= 11 is 0. The zero-order chi connectivity index (χ0) is 16.9. The number of carbonyl (C=O) groups is 1. The van der Waals surface area contributed by atoms with Crippen LogP contribution in [0.4, 0.5) is 5.69 Å². The zero-order valence-corrected chi connectivity index (χ0v) is 13.7. The van der Waals surface area contributed by atoms with E-state index in [1.807, 2.05) is 48.5 Å². The van der Waals surface area contributed by atoms with Crippen LogP contribution in [0.3, 0.4) is 0 Å². The standard InChI is InChI=1S/C18H19N5O/c1-13(2)15-6-8-16(9-7-15)20-18(24)11-14-4-3-5-17(10-14)23-12-19-21-22-23/h3-10,12-13H,11H2,1-2H3,(H,20,24). The molecular formula is C18H19N5O. The van der Waals surface area contributed by atoms with Crippen LogP contribution in [0.1, 0.15) is 30.9 Å². The second kappa shape index (κ2) is 7.04. The molecule has 0 aliphatic heterocycles. The lowest BCUT2D eigenvalue weighted by molar-refractivity contribution is -0.115. The third-order valence-electron chi connectivity index (χ3n) is 3.75. The molecule has 122 valence electrons. The molecule has 0 saturated heterocycles. The summed E-state index contributed by atoms with van der Waals surface area (Å²) in [5.74, 6) is 0.421. The summed E-state index contributed by atoms with van der Waals surface area (Å²) in [6.07, 6.45) is 1.82. The van der Waals surface area contributed by atoms with E-state index in [-0.39, 0.29) is 5.91 Å². The highest BCUT2D eigenvalue weighted by molar-refractivity contribution is 5.92. The molecule has 1 amide bonds. The zero-order valence-electron chi connectivity index (χ0n) is 13.7. The molecule has 0 saturated carbocycles. The van der Waals surface area contributed by atoms with Gasteiger partial charge in [-0.1, -0.05) is 38.1 Å². The average Bonchev–Trinajstić information content (AvgIpc) is 3.10. The molecule has 0 aliphatic rings. The van der Waals surface area contributed by atoms with Crippen LogP contribution >= 0.6 is 0 Å². The third kappa shape index (κ3) is 3.84. The molecule has 0 unspecified atom stereocenters. The number of hydrogen-bond acceptors (Lipinski definition) is 4. The van der Waals surface area contributed by atoms with Crippen molar-refractivity contribution in [2.75, 3.05) is 5.32 Å². The Balaban J connectivity index is 1.65. The lowest BCUT2D eigenvalue weighted by atomic mass is 10.0. The second-order valence-corrected chi connectivity index (χ2v) is 5.93. The monoisotopic (exact) mass is 321 g/mol. The number of aromatic nitrogens is 4. The summed E-state index contributed by atoms with van der Waals surface area (Å²) in [5, 5.41) is 14.0. The number of carbonyl (C=O) groups excluding carboxylic acids is 1. The van der Waals surface area contributed by atoms with Crippen LogP contribution in [0.2, 0.25) is 0 Å². The highest BCUT2D eigenvalue weighted by Crippen LogP contribution is 2.17. The topological polar surface area (TPSA) is 72.7 Å². The van der Waals surface area contributed by atoms with Gasteiger partial charge in [0.1, 0.15) is 6.33 Å². The summed E-state index contributed by atoms with van der Waals surface area (Å²) in [6.45, 7) is 4.29. The third-order valence-corrected chi connectivity index (χ3v) is 3.75. The minimum atomic E-state index is -0.0545. The van der Waals surface area contributed by atoms with Crippen LogP contribution in [0, 0.1) is 0 Å². The van der Waals surface area contributed by atoms with Crippen LogP contribution in [-0.4, -0.2) is 26.1 Å². The molecule has 1 heterocycles. The van der Waals surface area contributed by atoms with Crippen molar-refractivity contribution < 1.29 is 4.79 Å². The molecule has 3 rings (SSSR count). The van der Waals surface area contributed by atoms with Crippen LogP contribution in [0.15, 0.2) is 54.9 Å². The molecule has 1 N–H and O–H groups in total. The van der Waals surface area contributed by atoms with Crippen LogP contribution in [-0.2, 0) is 11.2 Å². The molecule has 24 heavy (non-hydrogen) atoms. The van der Waals surface area contributed by atoms with E-state index in [0.29, 0.717) is 12.3 Å². The fourth-order valence-electron chi connectivity index (χ4n) is 2.43. The molecule has 3 aromatic rings. The maximum atomic E-state index is 12.2. The van der Waals surface area contributed by atoms with Crippen molar-refractivity contribution in [1.29, 1.82) is 0 Å². The Morgan fingerprint density at radius 3 is 2.62 bits per heavy atom. The van der Waals surface area contributed by atoms with Gasteiger partial charge in [0.15, 0.2) is 0 Å². The fourth-order valence-corrected chi connectivity index (χ4v) is 2.43. The summed E-state index contributed by atoms with van der Waals surface area (Å²) in [5.41, 5.74) is 3.79. The van der Waals surface area contributed by atoms with Gasteiger partial charge in [-0.2, -0.15) is 0 Å². The quantitative estimate of drug-likeness (QED) is 0.784. The van der Waals surface area contributed by atoms with Gasteiger partial charge in [0.2, 0.25) is 5.91 Å². The molecule has 0 atom stereocenters. The average molecular weight is 321 g/mol. The number of anilines is 1. The first-order chi connectivity index (χ1) is 11.6. The minimum absolute atomic E-state index is 0.0545. The number of tetrazole rings is 1. The van der Waals surface area contributed by atoms with E-state index in [4.69, 9.17) is 0 Å². The molecule has 0 fully saturated rings. The number of hydrogen-bond donors (Lipinski definition) is 1. The van der Waals surface area contributed by atoms with E-state index < -0.39 is 0 Å².